The topological polar surface area (TPSA) is 83.1 Å². The van der Waals surface area contributed by atoms with Crippen LogP contribution in [0.4, 0.5) is 0 Å². The van der Waals surface area contributed by atoms with Crippen molar-refractivity contribution >= 4 is 5.91 Å². The molecule has 0 unspecified atom stereocenters. The van der Waals surface area contributed by atoms with E-state index in [1.165, 1.54) is 36.8 Å². The van der Waals surface area contributed by atoms with Crippen LogP contribution in [0.2, 0.25) is 0 Å². The molecule has 3 aromatic rings. The molecule has 1 aliphatic rings. The number of carbonyl (C=O) groups is 1. The summed E-state index contributed by atoms with van der Waals surface area (Å²) in [6.07, 6.45) is 1.27. The van der Waals surface area contributed by atoms with Crippen LogP contribution in [0.15, 0.2) is 47.3 Å². The first-order chi connectivity index (χ1) is 18.1. The van der Waals surface area contributed by atoms with Gasteiger partial charge in [-0.1, -0.05) is 41.0 Å². The molecule has 1 amide bonds. The molecular formula is C31H37NO6. The van der Waals surface area contributed by atoms with Crippen molar-refractivity contribution in [3.63, 3.8) is 0 Å². The highest BCUT2D eigenvalue weighted by molar-refractivity contribution is 5.83. The van der Waals surface area contributed by atoms with Gasteiger partial charge in [0.05, 0.1) is 34.5 Å². The molecule has 1 atom stereocenters. The van der Waals surface area contributed by atoms with E-state index in [4.69, 9.17) is 18.9 Å². The number of hydrogen-bond acceptors (Lipinski definition) is 6. The number of ether oxygens (including phenoxy) is 4. The minimum absolute atomic E-state index is 0.167. The van der Waals surface area contributed by atoms with Gasteiger partial charge in [0.15, 0.2) is 17.2 Å². The number of benzene rings is 2. The number of carbonyl (C=O) groups excluding carboxylic acids is 1. The lowest BCUT2D eigenvalue weighted by Gasteiger charge is -2.19. The molecule has 4 rings (SSSR count). The Morgan fingerprint density at radius 3 is 1.87 bits per heavy atom. The average molecular weight is 520 g/mol. The minimum atomic E-state index is -0.332. The van der Waals surface area contributed by atoms with Crippen LogP contribution in [0.25, 0.3) is 11.1 Å². The molecule has 0 aromatic heterocycles. The predicted molar refractivity (Wildman–Crippen MR) is 150 cm³/mol. The molecule has 202 valence electrons. The predicted octanol–water partition coefficient (Wildman–Crippen LogP) is 5.48. The first-order valence-electron chi connectivity index (χ1n) is 12.5. The summed E-state index contributed by atoms with van der Waals surface area (Å²) in [5.41, 5.74) is 7.07. The number of nitrogens with one attached hydrogen (secondary N) is 1. The summed E-state index contributed by atoms with van der Waals surface area (Å²) in [4.78, 5) is 24.5. The largest absolute Gasteiger partial charge is 0.493 e. The van der Waals surface area contributed by atoms with Gasteiger partial charge in [0.2, 0.25) is 17.1 Å². The zero-order valence-electron chi connectivity index (χ0n) is 23.5. The maximum Gasteiger partial charge on any atom is 0.220 e. The molecule has 0 aliphatic heterocycles. The molecule has 0 radical (unpaired) electrons. The number of rotatable bonds is 5. The maximum atomic E-state index is 12.6. The summed E-state index contributed by atoms with van der Waals surface area (Å²) in [6.45, 7) is 7.84. The van der Waals surface area contributed by atoms with Crippen LogP contribution in [-0.2, 0) is 11.2 Å². The summed E-state index contributed by atoms with van der Waals surface area (Å²) in [7, 11) is 6.14. The molecule has 0 fully saturated rings. The van der Waals surface area contributed by atoms with E-state index in [-0.39, 0.29) is 23.1 Å². The molecule has 0 heterocycles. The van der Waals surface area contributed by atoms with Crippen LogP contribution in [-0.4, -0.2) is 34.3 Å². The third kappa shape index (κ3) is 6.28. The fourth-order valence-electron chi connectivity index (χ4n) is 5.06. The van der Waals surface area contributed by atoms with Crippen molar-refractivity contribution < 1.29 is 23.7 Å². The molecule has 7 heteroatoms. The molecule has 1 N–H and O–H groups in total. The lowest BCUT2D eigenvalue weighted by molar-refractivity contribution is -0.119. The molecule has 0 saturated carbocycles. The highest BCUT2D eigenvalue weighted by Gasteiger charge is 2.29. The standard InChI is InChI=1S/C22H25NO6.C9H12/c1-12(24)23-16-8-6-13-10-19(27-3)21(28-4)22(29-5)20(13)14-7-9-18(26-2)17(25)11-15(14)16;1-7-4-8(2)6-9(3)5-7/h7,9-11,16H,6,8H2,1-5H3,(H,23,24);4-6H,1-3H3/t16-;/m0./s1. The number of amides is 1. The van der Waals surface area contributed by atoms with Crippen molar-refractivity contribution in [2.24, 2.45) is 0 Å². The van der Waals surface area contributed by atoms with Crippen molar-refractivity contribution in [3.05, 3.63) is 80.5 Å². The maximum absolute atomic E-state index is 12.6. The Balaban J connectivity index is 0.000000375. The summed E-state index contributed by atoms with van der Waals surface area (Å²) in [6, 6.07) is 13.1. The smallest absolute Gasteiger partial charge is 0.220 e. The van der Waals surface area contributed by atoms with Crippen LogP contribution in [0.5, 0.6) is 23.0 Å². The van der Waals surface area contributed by atoms with E-state index >= 15 is 0 Å². The van der Waals surface area contributed by atoms with Gasteiger partial charge in [0, 0.05) is 12.5 Å². The van der Waals surface area contributed by atoms with E-state index in [2.05, 4.69) is 44.3 Å². The zero-order valence-corrected chi connectivity index (χ0v) is 23.5. The van der Waals surface area contributed by atoms with Gasteiger partial charge in [0.25, 0.3) is 0 Å². The summed E-state index contributed by atoms with van der Waals surface area (Å²) >= 11 is 0. The molecule has 3 aromatic carbocycles. The molecular weight excluding hydrogens is 482 g/mol. The number of aryl methyl sites for hydroxylation is 4. The molecule has 0 spiro atoms. The lowest BCUT2D eigenvalue weighted by atomic mass is 9.95. The fraction of sp³-hybridized carbons (Fsp3) is 0.355. The third-order valence-corrected chi connectivity index (χ3v) is 6.46. The summed E-state index contributed by atoms with van der Waals surface area (Å²) < 4.78 is 22.0. The van der Waals surface area contributed by atoms with Crippen LogP contribution in [0.3, 0.4) is 0 Å². The van der Waals surface area contributed by atoms with Crippen molar-refractivity contribution in [3.8, 4) is 34.1 Å². The van der Waals surface area contributed by atoms with Gasteiger partial charge in [0.1, 0.15) is 0 Å². The lowest BCUT2D eigenvalue weighted by Crippen LogP contribution is -2.26. The van der Waals surface area contributed by atoms with Gasteiger partial charge in [-0.15, -0.1) is 0 Å². The van der Waals surface area contributed by atoms with E-state index in [9.17, 15) is 9.59 Å². The van der Waals surface area contributed by atoms with Gasteiger partial charge in [-0.05, 0) is 68.5 Å². The Kier molecular flexibility index (Phi) is 9.40. The Hall–Kier alpha value is -4.00. The first kappa shape index (κ1) is 28.6. The molecule has 0 saturated heterocycles. The van der Waals surface area contributed by atoms with Gasteiger partial charge in [-0.25, -0.2) is 0 Å². The zero-order chi connectivity index (χ0) is 28.0. The molecule has 1 aliphatic carbocycles. The van der Waals surface area contributed by atoms with Gasteiger partial charge in [-0.3, -0.25) is 9.59 Å². The van der Waals surface area contributed by atoms with Crippen molar-refractivity contribution in [2.45, 2.75) is 46.6 Å². The second-order valence-electron chi connectivity index (χ2n) is 9.42. The average Bonchev–Trinajstić information content (AvgIpc) is 3.10. The second kappa shape index (κ2) is 12.5. The van der Waals surface area contributed by atoms with Crippen molar-refractivity contribution in [2.75, 3.05) is 28.4 Å². The second-order valence-corrected chi connectivity index (χ2v) is 9.42. The Morgan fingerprint density at radius 2 is 1.37 bits per heavy atom. The SMILES string of the molecule is COc1cc2c(c(OC)c1OC)-c1ccc(OC)c(=O)cc1[C@@H](NC(C)=O)CC2.Cc1cc(C)cc(C)c1. The molecule has 0 bridgehead atoms. The van der Waals surface area contributed by atoms with Crippen LogP contribution >= 0.6 is 0 Å². The monoisotopic (exact) mass is 519 g/mol. The Bertz CT molecular complexity index is 1330. The van der Waals surface area contributed by atoms with E-state index in [1.54, 1.807) is 27.4 Å². The number of fused-ring (bicyclic) bond motifs is 3. The highest BCUT2D eigenvalue weighted by atomic mass is 16.5. The van der Waals surface area contributed by atoms with Gasteiger partial charge >= 0.3 is 0 Å². The van der Waals surface area contributed by atoms with Gasteiger partial charge < -0.3 is 24.3 Å². The number of methoxy groups -OCH3 is 4. The van der Waals surface area contributed by atoms with Crippen molar-refractivity contribution in [1.29, 1.82) is 0 Å². The van der Waals surface area contributed by atoms with Crippen molar-refractivity contribution in [1.82, 2.24) is 5.32 Å². The Morgan fingerprint density at radius 1 is 0.789 bits per heavy atom. The number of hydrogen-bond donors (Lipinski definition) is 1. The summed E-state index contributed by atoms with van der Waals surface area (Å²) in [5.74, 6) is 1.60. The van der Waals surface area contributed by atoms with Crippen LogP contribution in [0, 0.1) is 20.8 Å². The molecule has 7 nitrogen and oxygen atoms in total. The normalized spacial score (nSPS) is 13.5. The van der Waals surface area contributed by atoms with Crippen LogP contribution < -0.4 is 29.7 Å². The third-order valence-electron chi connectivity index (χ3n) is 6.46. The van der Waals surface area contributed by atoms with Crippen LogP contribution in [0.1, 0.15) is 47.2 Å². The van der Waals surface area contributed by atoms with E-state index < -0.39 is 0 Å². The van der Waals surface area contributed by atoms with E-state index in [0.29, 0.717) is 35.7 Å². The summed E-state index contributed by atoms with van der Waals surface area (Å²) in [5, 5.41) is 2.96. The first-order valence-corrected chi connectivity index (χ1v) is 12.5. The highest BCUT2D eigenvalue weighted by Crippen LogP contribution is 2.50. The fourth-order valence-corrected chi connectivity index (χ4v) is 5.06. The molecule has 38 heavy (non-hydrogen) atoms. The van der Waals surface area contributed by atoms with Gasteiger partial charge in [-0.2, -0.15) is 0 Å². The van der Waals surface area contributed by atoms with E-state index in [1.807, 2.05) is 12.1 Å². The quantitative estimate of drug-likeness (QED) is 0.480. The Labute approximate surface area is 224 Å². The van der Waals surface area contributed by atoms with E-state index in [0.717, 1.165) is 16.7 Å². The minimum Gasteiger partial charge on any atom is -0.493 e.